The van der Waals surface area contributed by atoms with Crippen LogP contribution in [0.25, 0.3) is 0 Å². The number of non-ortho nitro benzene ring substituents is 1. The Bertz CT molecular complexity index is 394. The summed E-state index contributed by atoms with van der Waals surface area (Å²) < 4.78 is 4.92. The smallest absolute Gasteiger partial charge is 0.338 e. The predicted molar refractivity (Wildman–Crippen MR) is 61.8 cm³/mol. The summed E-state index contributed by atoms with van der Waals surface area (Å²) in [6, 6.07) is 5.50. The van der Waals surface area contributed by atoms with Crippen LogP contribution in [0, 0.1) is 10.1 Å². The van der Waals surface area contributed by atoms with Crippen LogP contribution in [-0.2, 0) is 4.74 Å². The first-order chi connectivity index (χ1) is 7.65. The van der Waals surface area contributed by atoms with Gasteiger partial charge in [-0.3, -0.25) is 10.1 Å². The summed E-state index contributed by atoms with van der Waals surface area (Å²) >= 11 is 1.56. The van der Waals surface area contributed by atoms with Gasteiger partial charge in [0.15, 0.2) is 0 Å². The molecule has 0 atom stereocenters. The monoisotopic (exact) mass is 241 g/mol. The Balaban J connectivity index is 2.68. The summed E-state index contributed by atoms with van der Waals surface area (Å²) in [5.74, 6) is 0.179. The number of nitro groups is 1. The highest BCUT2D eigenvalue weighted by Crippen LogP contribution is 2.13. The summed E-state index contributed by atoms with van der Waals surface area (Å²) in [4.78, 5) is 21.4. The van der Waals surface area contributed by atoms with E-state index in [0.29, 0.717) is 12.4 Å². The maximum absolute atomic E-state index is 11.4. The van der Waals surface area contributed by atoms with Gasteiger partial charge in [-0.25, -0.2) is 4.79 Å². The maximum atomic E-state index is 11.4. The van der Waals surface area contributed by atoms with Crippen molar-refractivity contribution in [3.05, 3.63) is 39.9 Å². The lowest BCUT2D eigenvalue weighted by Crippen LogP contribution is -2.08. The SMILES string of the molecule is CSCCOC(=O)c1cccc([N+](=O)[O-])c1. The number of thioether (sulfide) groups is 1. The molecule has 5 nitrogen and oxygen atoms in total. The van der Waals surface area contributed by atoms with E-state index >= 15 is 0 Å². The van der Waals surface area contributed by atoms with Crippen LogP contribution in [0.5, 0.6) is 0 Å². The first-order valence-electron chi connectivity index (χ1n) is 4.55. The minimum atomic E-state index is -0.543. The van der Waals surface area contributed by atoms with Crippen molar-refractivity contribution in [3.63, 3.8) is 0 Å². The van der Waals surface area contributed by atoms with Crippen molar-refractivity contribution in [1.82, 2.24) is 0 Å². The number of carbonyl (C=O) groups is 1. The Kier molecular flexibility index (Phi) is 4.78. The van der Waals surface area contributed by atoms with Crippen molar-refractivity contribution in [1.29, 1.82) is 0 Å². The van der Waals surface area contributed by atoms with E-state index in [0.717, 1.165) is 0 Å². The van der Waals surface area contributed by atoms with Crippen molar-refractivity contribution in [3.8, 4) is 0 Å². The minimum absolute atomic E-state index is 0.112. The first-order valence-corrected chi connectivity index (χ1v) is 5.95. The second kappa shape index (κ2) is 6.12. The Hall–Kier alpha value is -1.56. The fraction of sp³-hybridized carbons (Fsp3) is 0.300. The van der Waals surface area contributed by atoms with Crippen molar-refractivity contribution in [2.75, 3.05) is 18.6 Å². The third-order valence-corrected chi connectivity index (χ3v) is 2.39. The summed E-state index contributed by atoms with van der Waals surface area (Å²) in [6.07, 6.45) is 1.90. The van der Waals surface area contributed by atoms with E-state index in [4.69, 9.17) is 4.74 Å². The molecular weight excluding hydrogens is 230 g/mol. The number of rotatable bonds is 5. The van der Waals surface area contributed by atoms with Gasteiger partial charge in [-0.05, 0) is 12.3 Å². The quantitative estimate of drug-likeness (QED) is 0.342. The largest absolute Gasteiger partial charge is 0.461 e. The molecule has 0 aliphatic rings. The molecule has 0 bridgehead atoms. The molecule has 0 fully saturated rings. The highest BCUT2D eigenvalue weighted by Gasteiger charge is 2.11. The Morgan fingerprint density at radius 3 is 2.94 bits per heavy atom. The molecule has 0 saturated heterocycles. The lowest BCUT2D eigenvalue weighted by atomic mass is 10.2. The third-order valence-electron chi connectivity index (χ3n) is 1.81. The van der Waals surface area contributed by atoms with Crippen LogP contribution >= 0.6 is 11.8 Å². The Morgan fingerprint density at radius 2 is 2.31 bits per heavy atom. The molecule has 0 aliphatic carbocycles. The molecule has 6 heteroatoms. The zero-order valence-corrected chi connectivity index (χ0v) is 9.53. The van der Waals surface area contributed by atoms with E-state index in [1.165, 1.54) is 24.3 Å². The number of carbonyl (C=O) groups excluding carboxylic acids is 1. The standard InChI is InChI=1S/C10H11NO4S/c1-16-6-5-15-10(12)8-3-2-4-9(7-8)11(13)14/h2-4,7H,5-6H2,1H3. The van der Waals surface area contributed by atoms with Crippen LogP contribution in [0.1, 0.15) is 10.4 Å². The maximum Gasteiger partial charge on any atom is 0.338 e. The minimum Gasteiger partial charge on any atom is -0.461 e. The van der Waals surface area contributed by atoms with Crippen LogP contribution in [-0.4, -0.2) is 29.5 Å². The molecule has 0 amide bonds. The van der Waals surface area contributed by atoms with Crippen LogP contribution in [0.2, 0.25) is 0 Å². The number of nitrogens with zero attached hydrogens (tertiary/aromatic N) is 1. The summed E-state index contributed by atoms with van der Waals surface area (Å²) in [5.41, 5.74) is 0.0922. The highest BCUT2D eigenvalue weighted by molar-refractivity contribution is 7.98. The fourth-order valence-electron chi connectivity index (χ4n) is 1.05. The number of benzene rings is 1. The van der Waals surface area contributed by atoms with Gasteiger partial charge in [0, 0.05) is 17.9 Å². The molecule has 0 unspecified atom stereocenters. The van der Waals surface area contributed by atoms with Gasteiger partial charge in [0.1, 0.15) is 6.61 Å². The lowest BCUT2D eigenvalue weighted by molar-refractivity contribution is -0.384. The molecule has 86 valence electrons. The molecule has 0 spiro atoms. The van der Waals surface area contributed by atoms with Crippen molar-refractivity contribution in [2.45, 2.75) is 0 Å². The van der Waals surface area contributed by atoms with Gasteiger partial charge < -0.3 is 4.74 Å². The van der Waals surface area contributed by atoms with Gasteiger partial charge in [-0.1, -0.05) is 6.07 Å². The first kappa shape index (κ1) is 12.5. The van der Waals surface area contributed by atoms with Crippen molar-refractivity contribution < 1.29 is 14.5 Å². The summed E-state index contributed by atoms with van der Waals surface area (Å²) in [5, 5.41) is 10.5. The van der Waals surface area contributed by atoms with Gasteiger partial charge in [-0.15, -0.1) is 0 Å². The van der Waals surface area contributed by atoms with E-state index in [1.807, 2.05) is 6.26 Å². The van der Waals surface area contributed by atoms with Crippen LogP contribution in [0.4, 0.5) is 5.69 Å². The Morgan fingerprint density at radius 1 is 1.56 bits per heavy atom. The second-order valence-corrected chi connectivity index (χ2v) is 3.92. The van der Waals surface area contributed by atoms with Gasteiger partial charge in [-0.2, -0.15) is 11.8 Å². The number of nitro benzene ring substituents is 1. The number of hydrogen-bond acceptors (Lipinski definition) is 5. The average molecular weight is 241 g/mol. The van der Waals surface area contributed by atoms with E-state index in [9.17, 15) is 14.9 Å². The molecule has 0 aromatic heterocycles. The summed E-state index contributed by atoms with van der Waals surface area (Å²) in [7, 11) is 0. The molecule has 1 aromatic carbocycles. The van der Waals surface area contributed by atoms with Crippen LogP contribution < -0.4 is 0 Å². The molecule has 0 aliphatic heterocycles. The lowest BCUT2D eigenvalue weighted by Gasteiger charge is -2.03. The molecule has 0 N–H and O–H groups in total. The molecule has 0 radical (unpaired) electrons. The molecule has 16 heavy (non-hydrogen) atoms. The highest BCUT2D eigenvalue weighted by atomic mass is 32.2. The van der Waals surface area contributed by atoms with E-state index in [1.54, 1.807) is 11.8 Å². The molecular formula is C10H11NO4S. The number of hydrogen-bond donors (Lipinski definition) is 0. The van der Waals surface area contributed by atoms with Gasteiger partial charge in [0.2, 0.25) is 0 Å². The van der Waals surface area contributed by atoms with E-state index in [-0.39, 0.29) is 11.3 Å². The van der Waals surface area contributed by atoms with Crippen LogP contribution in [0.3, 0.4) is 0 Å². The summed E-state index contributed by atoms with van der Waals surface area (Å²) in [6.45, 7) is 0.308. The predicted octanol–water partition coefficient (Wildman–Crippen LogP) is 2.11. The van der Waals surface area contributed by atoms with Gasteiger partial charge in [0.25, 0.3) is 5.69 Å². The molecule has 0 saturated carbocycles. The van der Waals surface area contributed by atoms with E-state index in [2.05, 4.69) is 0 Å². The van der Waals surface area contributed by atoms with Crippen molar-refractivity contribution in [2.24, 2.45) is 0 Å². The normalized spacial score (nSPS) is 9.81. The van der Waals surface area contributed by atoms with Gasteiger partial charge in [0.05, 0.1) is 10.5 Å². The fourth-order valence-corrected chi connectivity index (χ4v) is 1.30. The molecule has 0 heterocycles. The second-order valence-electron chi connectivity index (χ2n) is 2.94. The Labute approximate surface area is 96.9 Å². The molecule has 1 aromatic rings. The zero-order chi connectivity index (χ0) is 12.0. The van der Waals surface area contributed by atoms with E-state index < -0.39 is 10.9 Å². The topological polar surface area (TPSA) is 69.4 Å². The number of esters is 1. The van der Waals surface area contributed by atoms with Crippen LogP contribution in [0.15, 0.2) is 24.3 Å². The third kappa shape index (κ3) is 3.54. The van der Waals surface area contributed by atoms with Crippen molar-refractivity contribution >= 4 is 23.4 Å². The van der Waals surface area contributed by atoms with Gasteiger partial charge >= 0.3 is 5.97 Å². The number of ether oxygens (including phenoxy) is 1. The average Bonchev–Trinajstić information content (AvgIpc) is 2.29. The molecule has 1 rings (SSSR count). The zero-order valence-electron chi connectivity index (χ0n) is 8.71.